The fourth-order valence-corrected chi connectivity index (χ4v) is 1.61. The first kappa shape index (κ1) is 12.4. The summed E-state index contributed by atoms with van der Waals surface area (Å²) < 4.78 is 12.6. The summed E-state index contributed by atoms with van der Waals surface area (Å²) in [5.74, 6) is 1.35. The summed E-state index contributed by atoms with van der Waals surface area (Å²) in [6.07, 6.45) is 3.60. The number of nitrogens with zero attached hydrogens (tertiary/aromatic N) is 2. The van der Waals surface area contributed by atoms with Crippen LogP contribution in [0.15, 0.2) is 36.7 Å². The van der Waals surface area contributed by atoms with Gasteiger partial charge in [0.05, 0.1) is 20.3 Å². The number of rotatable bonds is 6. The minimum atomic E-state index is -0.0545. The number of hydrogen-bond acceptors (Lipinski definition) is 4. The largest absolute Gasteiger partial charge is 0.497 e. The van der Waals surface area contributed by atoms with E-state index in [0.717, 1.165) is 5.56 Å². The molecule has 1 aromatic heterocycles. The Labute approximate surface area is 106 Å². The summed E-state index contributed by atoms with van der Waals surface area (Å²) >= 11 is 0. The second-order valence-corrected chi connectivity index (χ2v) is 3.75. The maximum absolute atomic E-state index is 9.23. The van der Waals surface area contributed by atoms with Gasteiger partial charge in [-0.25, -0.2) is 0 Å². The van der Waals surface area contributed by atoms with E-state index in [0.29, 0.717) is 24.7 Å². The van der Waals surface area contributed by atoms with Crippen LogP contribution in [0.5, 0.6) is 11.5 Å². The molecule has 1 N–H and O–H groups in total. The highest BCUT2D eigenvalue weighted by Crippen LogP contribution is 2.24. The Morgan fingerprint density at radius 3 is 2.94 bits per heavy atom. The van der Waals surface area contributed by atoms with Crippen molar-refractivity contribution in [2.75, 3.05) is 13.7 Å². The maximum Gasteiger partial charge on any atom is 0.128 e. The molecular formula is C13H16N2O3. The Morgan fingerprint density at radius 1 is 1.39 bits per heavy atom. The van der Waals surface area contributed by atoms with E-state index in [1.165, 1.54) is 0 Å². The third-order valence-corrected chi connectivity index (χ3v) is 2.58. The first-order chi connectivity index (χ1) is 8.83. The Hall–Kier alpha value is -2.01. The summed E-state index contributed by atoms with van der Waals surface area (Å²) in [7, 11) is 1.60. The zero-order valence-corrected chi connectivity index (χ0v) is 10.2. The van der Waals surface area contributed by atoms with Gasteiger partial charge in [0, 0.05) is 24.0 Å². The van der Waals surface area contributed by atoms with E-state index in [1.807, 2.05) is 12.3 Å². The van der Waals surface area contributed by atoms with Gasteiger partial charge in [0.2, 0.25) is 0 Å². The van der Waals surface area contributed by atoms with Crippen molar-refractivity contribution in [3.63, 3.8) is 0 Å². The summed E-state index contributed by atoms with van der Waals surface area (Å²) in [6, 6.07) is 7.23. The molecule has 5 heteroatoms. The quantitative estimate of drug-likeness (QED) is 0.841. The summed E-state index contributed by atoms with van der Waals surface area (Å²) in [6.45, 7) is 1.10. The first-order valence-electron chi connectivity index (χ1n) is 5.71. The minimum Gasteiger partial charge on any atom is -0.497 e. The number of hydrogen-bond donors (Lipinski definition) is 1. The number of aliphatic hydroxyl groups is 1. The van der Waals surface area contributed by atoms with Gasteiger partial charge in [-0.2, -0.15) is 5.10 Å². The van der Waals surface area contributed by atoms with Crippen LogP contribution in [0.4, 0.5) is 0 Å². The second-order valence-electron chi connectivity index (χ2n) is 3.75. The van der Waals surface area contributed by atoms with E-state index in [-0.39, 0.29) is 6.61 Å². The minimum absolute atomic E-state index is 0.0545. The predicted octanol–water partition coefficient (Wildman–Crippen LogP) is 1.46. The van der Waals surface area contributed by atoms with Crippen LogP contribution in [0, 0.1) is 0 Å². The van der Waals surface area contributed by atoms with Crippen molar-refractivity contribution < 1.29 is 14.6 Å². The molecule has 0 aliphatic carbocycles. The highest BCUT2D eigenvalue weighted by Gasteiger charge is 2.05. The Bertz CT molecular complexity index is 483. The lowest BCUT2D eigenvalue weighted by Crippen LogP contribution is -2.09. The lowest BCUT2D eigenvalue weighted by atomic mass is 10.2. The topological polar surface area (TPSA) is 56.5 Å². The molecule has 0 atom stereocenters. The van der Waals surface area contributed by atoms with Crippen LogP contribution >= 0.6 is 0 Å². The van der Waals surface area contributed by atoms with E-state index in [2.05, 4.69) is 5.10 Å². The van der Waals surface area contributed by atoms with E-state index in [9.17, 15) is 5.11 Å². The van der Waals surface area contributed by atoms with Crippen LogP contribution in [0.2, 0.25) is 0 Å². The van der Waals surface area contributed by atoms with Crippen molar-refractivity contribution in [3.05, 3.63) is 42.2 Å². The molecule has 0 aliphatic rings. The van der Waals surface area contributed by atoms with E-state index in [4.69, 9.17) is 9.47 Å². The smallest absolute Gasteiger partial charge is 0.128 e. The molecular weight excluding hydrogens is 232 g/mol. The molecule has 0 saturated carbocycles. The Morgan fingerprint density at radius 2 is 2.28 bits per heavy atom. The molecule has 0 radical (unpaired) electrons. The normalized spacial score (nSPS) is 10.3. The van der Waals surface area contributed by atoms with Gasteiger partial charge in [0.15, 0.2) is 0 Å². The summed E-state index contributed by atoms with van der Waals surface area (Å²) in [5, 5.41) is 13.3. The van der Waals surface area contributed by atoms with Crippen LogP contribution in [-0.2, 0) is 13.2 Å². The Kier molecular flexibility index (Phi) is 4.20. The zero-order valence-electron chi connectivity index (χ0n) is 10.2. The molecule has 0 fully saturated rings. The molecule has 2 aromatic rings. The average Bonchev–Trinajstić information content (AvgIpc) is 2.92. The van der Waals surface area contributed by atoms with Crippen molar-refractivity contribution >= 4 is 0 Å². The van der Waals surface area contributed by atoms with Crippen molar-refractivity contribution in [3.8, 4) is 11.5 Å². The van der Waals surface area contributed by atoms with Gasteiger partial charge in [-0.3, -0.25) is 4.68 Å². The molecule has 96 valence electrons. The third-order valence-electron chi connectivity index (χ3n) is 2.58. The van der Waals surface area contributed by atoms with Crippen molar-refractivity contribution in [2.24, 2.45) is 0 Å². The third kappa shape index (κ3) is 3.01. The summed E-state index contributed by atoms with van der Waals surface area (Å²) in [5.41, 5.74) is 0.747. The van der Waals surface area contributed by atoms with Gasteiger partial charge in [-0.05, 0) is 18.2 Å². The van der Waals surface area contributed by atoms with E-state index in [1.54, 1.807) is 36.2 Å². The van der Waals surface area contributed by atoms with E-state index < -0.39 is 0 Å². The van der Waals surface area contributed by atoms with Gasteiger partial charge >= 0.3 is 0 Å². The molecule has 0 bridgehead atoms. The van der Waals surface area contributed by atoms with Crippen molar-refractivity contribution in [1.29, 1.82) is 0 Å². The van der Waals surface area contributed by atoms with Gasteiger partial charge in [-0.15, -0.1) is 0 Å². The molecule has 0 unspecified atom stereocenters. The predicted molar refractivity (Wildman–Crippen MR) is 66.6 cm³/mol. The lowest BCUT2D eigenvalue weighted by molar-refractivity contribution is 0.254. The van der Waals surface area contributed by atoms with Gasteiger partial charge in [-0.1, -0.05) is 0 Å². The highest BCUT2D eigenvalue weighted by atomic mass is 16.5. The Balaban J connectivity index is 1.98. The van der Waals surface area contributed by atoms with Crippen LogP contribution in [0.3, 0.4) is 0 Å². The molecule has 0 aliphatic heterocycles. The monoisotopic (exact) mass is 248 g/mol. The SMILES string of the molecule is COc1ccc(CO)c(OCCn2cccn2)c1. The molecule has 5 nitrogen and oxygen atoms in total. The van der Waals surface area contributed by atoms with Crippen LogP contribution in [0.25, 0.3) is 0 Å². The molecule has 1 aromatic carbocycles. The maximum atomic E-state index is 9.23. The zero-order chi connectivity index (χ0) is 12.8. The molecule has 0 amide bonds. The number of aromatic nitrogens is 2. The number of ether oxygens (including phenoxy) is 2. The number of aliphatic hydroxyl groups excluding tert-OH is 1. The second kappa shape index (κ2) is 6.07. The molecule has 2 rings (SSSR count). The number of methoxy groups -OCH3 is 1. The van der Waals surface area contributed by atoms with E-state index >= 15 is 0 Å². The van der Waals surface area contributed by atoms with Crippen LogP contribution < -0.4 is 9.47 Å². The van der Waals surface area contributed by atoms with Gasteiger partial charge in [0.1, 0.15) is 18.1 Å². The molecule has 0 spiro atoms. The standard InChI is InChI=1S/C13H16N2O3/c1-17-12-4-3-11(10-16)13(9-12)18-8-7-15-6-2-5-14-15/h2-6,9,16H,7-8,10H2,1H3. The molecule has 0 saturated heterocycles. The fraction of sp³-hybridized carbons (Fsp3) is 0.308. The van der Waals surface area contributed by atoms with Crippen LogP contribution in [-0.4, -0.2) is 28.6 Å². The van der Waals surface area contributed by atoms with Crippen LogP contribution in [0.1, 0.15) is 5.56 Å². The highest BCUT2D eigenvalue weighted by molar-refractivity contribution is 5.40. The van der Waals surface area contributed by atoms with Gasteiger partial charge < -0.3 is 14.6 Å². The molecule has 1 heterocycles. The van der Waals surface area contributed by atoms with Gasteiger partial charge in [0.25, 0.3) is 0 Å². The lowest BCUT2D eigenvalue weighted by Gasteiger charge is -2.11. The average molecular weight is 248 g/mol. The first-order valence-corrected chi connectivity index (χ1v) is 5.71. The number of benzene rings is 1. The van der Waals surface area contributed by atoms with Crippen molar-refractivity contribution in [2.45, 2.75) is 13.2 Å². The molecule has 18 heavy (non-hydrogen) atoms. The van der Waals surface area contributed by atoms with Crippen molar-refractivity contribution in [1.82, 2.24) is 9.78 Å². The summed E-state index contributed by atoms with van der Waals surface area (Å²) in [4.78, 5) is 0. The fourth-order valence-electron chi connectivity index (χ4n) is 1.61.